The molecule has 0 heterocycles. The summed E-state index contributed by atoms with van der Waals surface area (Å²) < 4.78 is 28.9. The first-order valence-electron chi connectivity index (χ1n) is 6.52. The van der Waals surface area contributed by atoms with Gasteiger partial charge in [-0.05, 0) is 18.1 Å². The van der Waals surface area contributed by atoms with E-state index in [1.54, 1.807) is 7.11 Å². The Labute approximate surface area is 126 Å². The number of aryl methyl sites for hydroxylation is 1. The molecule has 1 rings (SSSR count). The van der Waals surface area contributed by atoms with Gasteiger partial charge in [0.25, 0.3) is 0 Å². The fraction of sp³-hybridized carbons (Fsp3) is 0.500. The van der Waals surface area contributed by atoms with Crippen molar-refractivity contribution >= 4 is 15.9 Å². The summed E-state index contributed by atoms with van der Waals surface area (Å²) in [6.45, 7) is 2.06. The number of rotatable bonds is 7. The largest absolute Gasteiger partial charge is 0.375 e. The molecule has 6 nitrogen and oxygen atoms in total. The molecule has 7 heteroatoms. The summed E-state index contributed by atoms with van der Waals surface area (Å²) in [7, 11) is -0.419. The number of sulfonamides is 1. The molecular weight excluding hydrogens is 292 g/mol. The van der Waals surface area contributed by atoms with Crippen LogP contribution in [0.3, 0.4) is 0 Å². The van der Waals surface area contributed by atoms with Gasteiger partial charge in [-0.25, -0.2) is 8.42 Å². The van der Waals surface area contributed by atoms with Crippen LogP contribution in [0.4, 0.5) is 0 Å². The molecule has 0 aliphatic carbocycles. The maximum absolute atomic E-state index is 11.8. The second kappa shape index (κ2) is 7.53. The zero-order valence-electron chi connectivity index (χ0n) is 12.8. The number of hydrogen-bond donors (Lipinski definition) is 1. The van der Waals surface area contributed by atoms with Gasteiger partial charge in [0.2, 0.25) is 15.9 Å². The number of carbonyl (C=O) groups is 1. The molecule has 0 spiro atoms. The number of carbonyl (C=O) groups excluding carboxylic acids is 1. The van der Waals surface area contributed by atoms with Crippen molar-refractivity contribution in [3.8, 4) is 0 Å². The van der Waals surface area contributed by atoms with Gasteiger partial charge in [-0.3, -0.25) is 4.79 Å². The van der Waals surface area contributed by atoms with E-state index in [0.717, 1.165) is 21.7 Å². The van der Waals surface area contributed by atoms with Gasteiger partial charge in [-0.2, -0.15) is 4.31 Å². The van der Waals surface area contributed by atoms with Crippen LogP contribution < -0.4 is 5.32 Å². The standard InChI is InChI=1S/C14H22N2O4S/c1-11-7-5-6-8-12(11)13(20-3)9-15-14(17)10-16(2)21(4,18)19/h5-8,13H,9-10H2,1-4H3,(H,15,17). The van der Waals surface area contributed by atoms with E-state index in [1.165, 1.54) is 7.05 Å². The summed E-state index contributed by atoms with van der Waals surface area (Å²) >= 11 is 0. The molecule has 21 heavy (non-hydrogen) atoms. The molecule has 118 valence electrons. The fourth-order valence-corrected chi connectivity index (χ4v) is 2.20. The van der Waals surface area contributed by atoms with Gasteiger partial charge < -0.3 is 10.1 Å². The van der Waals surface area contributed by atoms with E-state index < -0.39 is 10.0 Å². The van der Waals surface area contributed by atoms with Gasteiger partial charge in [0.05, 0.1) is 18.9 Å². The first-order chi connectivity index (χ1) is 9.75. The van der Waals surface area contributed by atoms with E-state index in [0.29, 0.717) is 0 Å². The lowest BCUT2D eigenvalue weighted by molar-refractivity contribution is -0.121. The Morgan fingerprint density at radius 2 is 2.00 bits per heavy atom. The van der Waals surface area contributed by atoms with Gasteiger partial charge >= 0.3 is 0 Å². The zero-order chi connectivity index (χ0) is 16.0. The number of nitrogens with one attached hydrogen (secondary N) is 1. The SMILES string of the molecule is COC(CNC(=O)CN(C)S(C)(=O)=O)c1ccccc1C. The highest BCUT2D eigenvalue weighted by Gasteiger charge is 2.17. The van der Waals surface area contributed by atoms with E-state index in [4.69, 9.17) is 4.74 Å². The van der Waals surface area contributed by atoms with Crippen molar-refractivity contribution in [1.82, 2.24) is 9.62 Å². The summed E-state index contributed by atoms with van der Waals surface area (Å²) in [5, 5.41) is 2.69. The molecule has 1 atom stereocenters. The van der Waals surface area contributed by atoms with Crippen molar-refractivity contribution in [2.75, 3.05) is 33.5 Å². The minimum absolute atomic E-state index is 0.205. The van der Waals surface area contributed by atoms with Gasteiger partial charge in [0, 0.05) is 20.7 Å². The number of nitrogens with zero attached hydrogens (tertiary/aromatic N) is 1. The second-order valence-electron chi connectivity index (χ2n) is 4.90. The Morgan fingerprint density at radius 1 is 1.38 bits per heavy atom. The van der Waals surface area contributed by atoms with Crippen molar-refractivity contribution in [3.63, 3.8) is 0 Å². The van der Waals surface area contributed by atoms with Gasteiger partial charge in [-0.15, -0.1) is 0 Å². The number of benzene rings is 1. The first kappa shape index (κ1) is 17.6. The van der Waals surface area contributed by atoms with E-state index in [-0.39, 0.29) is 25.1 Å². The number of ether oxygens (including phenoxy) is 1. The van der Waals surface area contributed by atoms with E-state index in [9.17, 15) is 13.2 Å². The average molecular weight is 314 g/mol. The minimum atomic E-state index is -3.36. The Morgan fingerprint density at radius 3 is 2.52 bits per heavy atom. The number of amides is 1. The number of methoxy groups -OCH3 is 1. The zero-order valence-corrected chi connectivity index (χ0v) is 13.6. The third-order valence-electron chi connectivity index (χ3n) is 3.24. The maximum Gasteiger partial charge on any atom is 0.235 e. The predicted molar refractivity (Wildman–Crippen MR) is 81.4 cm³/mol. The molecule has 1 N–H and O–H groups in total. The van der Waals surface area contributed by atoms with Gasteiger partial charge in [0.15, 0.2) is 0 Å². The van der Waals surface area contributed by atoms with Crippen LogP contribution in [-0.4, -0.2) is 52.1 Å². The molecule has 1 unspecified atom stereocenters. The Bertz CT molecular complexity index is 586. The third-order valence-corrected chi connectivity index (χ3v) is 4.50. The molecule has 0 saturated carbocycles. The van der Waals surface area contributed by atoms with Crippen LogP contribution in [-0.2, 0) is 19.6 Å². The molecule has 0 fully saturated rings. The van der Waals surface area contributed by atoms with Crippen molar-refractivity contribution in [1.29, 1.82) is 0 Å². The summed E-state index contributed by atoms with van der Waals surface area (Å²) in [5.41, 5.74) is 2.07. The van der Waals surface area contributed by atoms with Crippen LogP contribution in [0.15, 0.2) is 24.3 Å². The minimum Gasteiger partial charge on any atom is -0.375 e. The Balaban J connectivity index is 2.61. The van der Waals surface area contributed by atoms with Crippen LogP contribution in [0.2, 0.25) is 0 Å². The third kappa shape index (κ3) is 5.45. The lowest BCUT2D eigenvalue weighted by Gasteiger charge is -2.19. The molecular formula is C14H22N2O4S. The smallest absolute Gasteiger partial charge is 0.235 e. The quantitative estimate of drug-likeness (QED) is 0.803. The van der Waals surface area contributed by atoms with Crippen LogP contribution >= 0.6 is 0 Å². The summed E-state index contributed by atoms with van der Waals surface area (Å²) in [6, 6.07) is 7.76. The predicted octanol–water partition coefficient (Wildman–Crippen LogP) is 0.690. The Hall–Kier alpha value is -1.44. The second-order valence-corrected chi connectivity index (χ2v) is 6.99. The fourth-order valence-electron chi connectivity index (χ4n) is 1.85. The molecule has 1 aromatic carbocycles. The summed E-state index contributed by atoms with van der Waals surface area (Å²) in [4.78, 5) is 11.8. The normalized spacial score (nSPS) is 13.2. The lowest BCUT2D eigenvalue weighted by atomic mass is 10.0. The van der Waals surface area contributed by atoms with E-state index in [2.05, 4.69) is 5.32 Å². The van der Waals surface area contributed by atoms with Crippen molar-refractivity contribution in [2.45, 2.75) is 13.0 Å². The first-order valence-corrected chi connectivity index (χ1v) is 8.37. The van der Waals surface area contributed by atoms with Crippen molar-refractivity contribution < 1.29 is 17.9 Å². The molecule has 0 bridgehead atoms. The van der Waals surface area contributed by atoms with Gasteiger partial charge in [-0.1, -0.05) is 24.3 Å². The molecule has 1 aromatic rings. The van der Waals surface area contributed by atoms with Crippen LogP contribution in [0, 0.1) is 6.92 Å². The van der Waals surface area contributed by atoms with Crippen LogP contribution in [0.1, 0.15) is 17.2 Å². The molecule has 0 aromatic heterocycles. The molecule has 0 aliphatic heterocycles. The van der Waals surface area contributed by atoms with Crippen molar-refractivity contribution in [3.05, 3.63) is 35.4 Å². The van der Waals surface area contributed by atoms with Gasteiger partial charge in [0.1, 0.15) is 0 Å². The highest BCUT2D eigenvalue weighted by molar-refractivity contribution is 7.88. The summed E-state index contributed by atoms with van der Waals surface area (Å²) in [6.07, 6.45) is 0.796. The van der Waals surface area contributed by atoms with Crippen LogP contribution in [0.25, 0.3) is 0 Å². The average Bonchev–Trinajstić information content (AvgIpc) is 2.40. The van der Waals surface area contributed by atoms with Crippen molar-refractivity contribution in [2.24, 2.45) is 0 Å². The highest BCUT2D eigenvalue weighted by atomic mass is 32.2. The maximum atomic E-state index is 11.8. The molecule has 0 saturated heterocycles. The topological polar surface area (TPSA) is 75.7 Å². The van der Waals surface area contributed by atoms with Crippen LogP contribution in [0.5, 0.6) is 0 Å². The summed E-state index contributed by atoms with van der Waals surface area (Å²) in [5.74, 6) is -0.362. The highest BCUT2D eigenvalue weighted by Crippen LogP contribution is 2.19. The molecule has 1 amide bonds. The molecule has 0 radical (unpaired) electrons. The Kier molecular flexibility index (Phi) is 6.32. The molecule has 0 aliphatic rings. The lowest BCUT2D eigenvalue weighted by Crippen LogP contribution is -2.39. The van der Waals surface area contributed by atoms with E-state index >= 15 is 0 Å². The monoisotopic (exact) mass is 314 g/mol. The van der Waals surface area contributed by atoms with E-state index in [1.807, 2.05) is 31.2 Å². The number of likely N-dealkylation sites (N-methyl/N-ethyl adjacent to an activating group) is 1. The number of hydrogen-bond acceptors (Lipinski definition) is 4.